The van der Waals surface area contributed by atoms with Crippen molar-refractivity contribution in [2.24, 2.45) is 0 Å². The predicted molar refractivity (Wildman–Crippen MR) is 114 cm³/mol. The molecule has 1 amide bonds. The zero-order chi connectivity index (χ0) is 18.5. The van der Waals surface area contributed by atoms with Gasteiger partial charge in [-0.15, -0.1) is 0 Å². The third kappa shape index (κ3) is 3.92. The first-order chi connectivity index (χ1) is 12.6. The van der Waals surface area contributed by atoms with Crippen LogP contribution in [0, 0.1) is 0 Å². The van der Waals surface area contributed by atoms with Crippen molar-refractivity contribution in [3.05, 3.63) is 65.5 Å². The summed E-state index contributed by atoms with van der Waals surface area (Å²) in [7, 11) is 0. The lowest BCUT2D eigenvalue weighted by atomic mass is 10.2. The van der Waals surface area contributed by atoms with Crippen LogP contribution in [-0.2, 0) is 4.79 Å². The molecule has 3 rings (SSSR count). The van der Waals surface area contributed by atoms with Crippen LogP contribution >= 0.6 is 24.0 Å². The number of hydrogen-bond donors (Lipinski definition) is 0. The molecule has 0 bridgehead atoms. The fraction of sp³-hybridized carbons (Fsp3) is 0.200. The molecule has 1 aromatic heterocycles. The molecular weight excluding hydrogens is 364 g/mol. The minimum atomic E-state index is -0.0975. The molecule has 0 atom stereocenters. The van der Waals surface area contributed by atoms with E-state index in [9.17, 15) is 4.79 Å². The van der Waals surface area contributed by atoms with Gasteiger partial charge in [-0.1, -0.05) is 30.1 Å². The standard InChI is InChI=1S/C20H20N2O2S2/c1-3-21(4-2)15-10-12-16(13-11-15)22-19(23)18(26-20(22)25)9-5-7-17-8-6-14-24-17/h5-14H,3-4H2,1-2H3/b7-5+,18-9+. The maximum absolute atomic E-state index is 12.7. The molecule has 0 N–H and O–H groups in total. The molecule has 1 aliphatic rings. The first kappa shape index (κ1) is 18.5. The van der Waals surface area contributed by atoms with Crippen LogP contribution in [0.3, 0.4) is 0 Å². The highest BCUT2D eigenvalue weighted by molar-refractivity contribution is 8.27. The Labute approximate surface area is 163 Å². The summed E-state index contributed by atoms with van der Waals surface area (Å²) in [6, 6.07) is 11.6. The average molecular weight is 385 g/mol. The first-order valence-electron chi connectivity index (χ1n) is 8.47. The molecule has 0 aliphatic carbocycles. The van der Waals surface area contributed by atoms with Crippen LogP contribution in [0.1, 0.15) is 19.6 Å². The molecule has 2 heterocycles. The van der Waals surface area contributed by atoms with Crippen molar-refractivity contribution in [1.29, 1.82) is 0 Å². The van der Waals surface area contributed by atoms with E-state index >= 15 is 0 Å². The van der Waals surface area contributed by atoms with Gasteiger partial charge in [-0.05, 0) is 62.4 Å². The highest BCUT2D eigenvalue weighted by Crippen LogP contribution is 2.35. The third-order valence-electron chi connectivity index (χ3n) is 4.08. The minimum Gasteiger partial charge on any atom is -0.465 e. The minimum absolute atomic E-state index is 0.0975. The van der Waals surface area contributed by atoms with Gasteiger partial charge < -0.3 is 9.32 Å². The summed E-state index contributed by atoms with van der Waals surface area (Å²) in [6.45, 7) is 6.14. The predicted octanol–water partition coefficient (Wildman–Crippen LogP) is 5.09. The van der Waals surface area contributed by atoms with E-state index in [1.807, 2.05) is 42.5 Å². The van der Waals surface area contributed by atoms with E-state index in [4.69, 9.17) is 16.6 Å². The number of amides is 1. The summed E-state index contributed by atoms with van der Waals surface area (Å²) in [5.74, 6) is 0.642. The van der Waals surface area contributed by atoms with E-state index in [1.165, 1.54) is 11.8 Å². The van der Waals surface area contributed by atoms with Crippen molar-refractivity contribution in [2.75, 3.05) is 22.9 Å². The summed E-state index contributed by atoms with van der Waals surface area (Å²) in [4.78, 5) is 17.2. The van der Waals surface area contributed by atoms with Gasteiger partial charge in [-0.25, -0.2) is 0 Å². The zero-order valence-corrected chi connectivity index (χ0v) is 16.3. The van der Waals surface area contributed by atoms with Crippen molar-refractivity contribution in [2.45, 2.75) is 13.8 Å². The SMILES string of the molecule is CCN(CC)c1ccc(N2C(=O)/C(=C\C=C\c3ccco3)SC2=S)cc1. The summed E-state index contributed by atoms with van der Waals surface area (Å²) in [6.07, 6.45) is 6.99. The monoisotopic (exact) mass is 384 g/mol. The van der Waals surface area contributed by atoms with Crippen LogP contribution in [-0.4, -0.2) is 23.3 Å². The van der Waals surface area contributed by atoms with Gasteiger partial charge >= 0.3 is 0 Å². The first-order valence-corrected chi connectivity index (χ1v) is 9.69. The summed E-state index contributed by atoms with van der Waals surface area (Å²) < 4.78 is 5.78. The number of hydrogen-bond acceptors (Lipinski definition) is 5. The van der Waals surface area contributed by atoms with Gasteiger partial charge in [0.2, 0.25) is 0 Å². The Hall–Kier alpha value is -2.31. The number of thiocarbonyl (C=S) groups is 1. The molecule has 1 aromatic carbocycles. The number of rotatable bonds is 6. The number of furan rings is 1. The van der Waals surface area contributed by atoms with Crippen LogP contribution in [0.4, 0.5) is 11.4 Å². The Morgan fingerprint density at radius 3 is 2.54 bits per heavy atom. The lowest BCUT2D eigenvalue weighted by molar-refractivity contribution is -0.113. The third-order valence-corrected chi connectivity index (χ3v) is 5.40. The van der Waals surface area contributed by atoms with Crippen LogP contribution in [0.2, 0.25) is 0 Å². The van der Waals surface area contributed by atoms with Crippen molar-refractivity contribution < 1.29 is 9.21 Å². The topological polar surface area (TPSA) is 36.7 Å². The molecule has 134 valence electrons. The van der Waals surface area contributed by atoms with Crippen LogP contribution in [0.15, 0.2) is 64.1 Å². The number of nitrogens with zero attached hydrogens (tertiary/aromatic N) is 2. The molecule has 1 saturated heterocycles. The molecule has 0 unspecified atom stereocenters. The van der Waals surface area contributed by atoms with Crippen molar-refractivity contribution >= 4 is 51.7 Å². The van der Waals surface area contributed by atoms with E-state index in [1.54, 1.807) is 23.3 Å². The molecule has 1 fully saturated rings. The molecule has 2 aromatic rings. The fourth-order valence-electron chi connectivity index (χ4n) is 2.72. The van der Waals surface area contributed by atoms with Gasteiger partial charge in [0.1, 0.15) is 5.76 Å². The molecule has 0 spiro atoms. The van der Waals surface area contributed by atoms with Gasteiger partial charge in [0, 0.05) is 18.8 Å². The Kier molecular flexibility index (Phi) is 5.96. The Bertz CT molecular complexity index is 835. The van der Waals surface area contributed by atoms with Gasteiger partial charge in [0.15, 0.2) is 4.32 Å². The second-order valence-corrected chi connectivity index (χ2v) is 7.28. The van der Waals surface area contributed by atoms with Gasteiger partial charge in [-0.2, -0.15) is 0 Å². The van der Waals surface area contributed by atoms with E-state index in [2.05, 4.69) is 18.7 Å². The normalized spacial score (nSPS) is 16.2. The van der Waals surface area contributed by atoms with Gasteiger partial charge in [-0.3, -0.25) is 9.69 Å². The molecule has 1 aliphatic heterocycles. The number of anilines is 2. The zero-order valence-electron chi connectivity index (χ0n) is 14.7. The number of thioether (sulfide) groups is 1. The largest absolute Gasteiger partial charge is 0.465 e. The van der Waals surface area contributed by atoms with E-state index in [0.29, 0.717) is 9.23 Å². The highest BCUT2D eigenvalue weighted by atomic mass is 32.2. The van der Waals surface area contributed by atoms with Gasteiger partial charge in [0.25, 0.3) is 5.91 Å². The fourth-order valence-corrected chi connectivity index (χ4v) is 3.97. The molecule has 0 saturated carbocycles. The second-order valence-electron chi connectivity index (χ2n) is 5.60. The van der Waals surface area contributed by atoms with Crippen LogP contribution < -0.4 is 9.80 Å². The van der Waals surface area contributed by atoms with Crippen molar-refractivity contribution in [3.8, 4) is 0 Å². The Morgan fingerprint density at radius 1 is 1.19 bits per heavy atom. The Morgan fingerprint density at radius 2 is 1.92 bits per heavy atom. The number of carbonyl (C=O) groups is 1. The lowest BCUT2D eigenvalue weighted by Gasteiger charge is -2.22. The van der Waals surface area contributed by atoms with Crippen LogP contribution in [0.5, 0.6) is 0 Å². The summed E-state index contributed by atoms with van der Waals surface area (Å²) in [5.41, 5.74) is 1.93. The molecular formula is C20H20N2O2S2. The van der Waals surface area contributed by atoms with Crippen molar-refractivity contribution in [1.82, 2.24) is 0 Å². The lowest BCUT2D eigenvalue weighted by Crippen LogP contribution is -2.27. The molecule has 26 heavy (non-hydrogen) atoms. The number of benzene rings is 1. The van der Waals surface area contributed by atoms with Gasteiger partial charge in [0.05, 0.1) is 16.9 Å². The molecule has 6 heteroatoms. The maximum Gasteiger partial charge on any atom is 0.270 e. The van der Waals surface area contributed by atoms with E-state index < -0.39 is 0 Å². The van der Waals surface area contributed by atoms with E-state index in [0.717, 1.165) is 30.2 Å². The van der Waals surface area contributed by atoms with Crippen molar-refractivity contribution in [3.63, 3.8) is 0 Å². The molecule has 4 nitrogen and oxygen atoms in total. The van der Waals surface area contributed by atoms with E-state index in [-0.39, 0.29) is 5.91 Å². The molecule has 0 radical (unpaired) electrons. The number of allylic oxidation sites excluding steroid dienone is 2. The van der Waals surface area contributed by atoms with Crippen LogP contribution in [0.25, 0.3) is 6.08 Å². The maximum atomic E-state index is 12.7. The summed E-state index contributed by atoms with van der Waals surface area (Å²) >= 11 is 6.72. The highest BCUT2D eigenvalue weighted by Gasteiger charge is 2.32. The quantitative estimate of drug-likeness (QED) is 0.512. The second kappa shape index (κ2) is 8.38. The Balaban J connectivity index is 1.76. The summed E-state index contributed by atoms with van der Waals surface area (Å²) in [5, 5.41) is 0. The number of carbonyl (C=O) groups excluding carboxylic acids is 1. The smallest absolute Gasteiger partial charge is 0.270 e. The average Bonchev–Trinajstić information content (AvgIpc) is 3.25.